The number of methoxy groups -OCH3 is 2. The molecule has 206 valence electrons. The second-order valence-corrected chi connectivity index (χ2v) is 22.9. The van der Waals surface area contributed by atoms with Gasteiger partial charge in [-0.1, -0.05) is 0 Å². The summed E-state index contributed by atoms with van der Waals surface area (Å²) in [6.45, 7) is 0. The number of hydrogen-bond acceptors (Lipinski definition) is 6. The van der Waals surface area contributed by atoms with Gasteiger partial charge in [0, 0.05) is 22.7 Å². The average molecular weight is 822 g/mol. The smallest absolute Gasteiger partial charge is 0.433 e. The Morgan fingerprint density at radius 3 is 1.84 bits per heavy atom. The van der Waals surface area contributed by atoms with Gasteiger partial charge in [-0.3, -0.25) is 4.79 Å². The molecule has 4 heterocycles. The van der Waals surface area contributed by atoms with Gasteiger partial charge in [0.2, 0.25) is 17.2 Å². The molecule has 4 rings (SSSR count). The zero-order valence-electron chi connectivity index (χ0n) is 18.8. The van der Waals surface area contributed by atoms with Gasteiger partial charge in [0.25, 0.3) is 0 Å². The number of aromatic amines is 1. The third-order valence-electron chi connectivity index (χ3n) is 4.24. The highest BCUT2D eigenvalue weighted by Gasteiger charge is 2.33. The van der Waals surface area contributed by atoms with Crippen molar-refractivity contribution >= 4 is 88.5 Å². The summed E-state index contributed by atoms with van der Waals surface area (Å²) in [5, 5.41) is 0. The molecule has 0 aliphatic rings. The topological polar surface area (TPSA) is 90.0 Å². The predicted octanol–water partition coefficient (Wildman–Crippen LogP) is 8.77. The average Bonchev–Trinajstić information content (AvgIpc) is 2.82. The van der Waals surface area contributed by atoms with Gasteiger partial charge >= 0.3 is 12.4 Å². The molecule has 18 heteroatoms. The molecule has 0 saturated heterocycles. The predicted molar refractivity (Wildman–Crippen MR) is 146 cm³/mol. The van der Waals surface area contributed by atoms with Crippen LogP contribution in [0.2, 0.25) is 0 Å². The lowest BCUT2D eigenvalue weighted by atomic mass is 10.2. The maximum Gasteiger partial charge on any atom is 0.433 e. The Labute approximate surface area is 243 Å². The maximum atomic E-state index is 12.5. The van der Waals surface area contributed by atoms with Crippen LogP contribution in [0.15, 0.2) is 45.7 Å². The van der Waals surface area contributed by atoms with E-state index in [1.807, 2.05) is 0 Å². The quantitative estimate of drug-likeness (QED) is 0.161. The van der Waals surface area contributed by atoms with Crippen molar-refractivity contribution in [2.75, 3.05) is 14.2 Å². The highest BCUT2D eigenvalue weighted by Crippen LogP contribution is 2.59. The molecule has 0 amide bonds. The molecule has 0 bridgehead atoms. The van der Waals surface area contributed by atoms with Crippen LogP contribution in [0.1, 0.15) is 11.4 Å². The molecule has 4 aromatic rings. The van der Waals surface area contributed by atoms with Crippen molar-refractivity contribution in [3.8, 4) is 11.8 Å². The second-order valence-electron chi connectivity index (χ2n) is 6.69. The van der Waals surface area contributed by atoms with E-state index in [-0.39, 0.29) is 30.9 Å². The van der Waals surface area contributed by atoms with Gasteiger partial charge in [0.05, 0.1) is 25.3 Å². The SMILES string of the molecule is BrP(Br)Br.COc1ccc2[nH]c(C(F)(F)F)cc(=O)c2n1.COc1ccc2nc(C(F)(F)F)cc(Br)c2n1. The van der Waals surface area contributed by atoms with Crippen LogP contribution in [0.4, 0.5) is 26.3 Å². The largest absolute Gasteiger partial charge is 0.481 e. The fourth-order valence-corrected chi connectivity index (χ4v) is 3.19. The number of H-pyrrole nitrogens is 1. The third-order valence-corrected chi connectivity index (χ3v) is 4.85. The lowest BCUT2D eigenvalue weighted by Gasteiger charge is -2.08. The van der Waals surface area contributed by atoms with Crippen LogP contribution < -0.4 is 14.9 Å². The number of aromatic nitrogens is 4. The zero-order chi connectivity index (χ0) is 28.8. The Morgan fingerprint density at radius 1 is 0.816 bits per heavy atom. The number of halogens is 10. The third kappa shape index (κ3) is 9.28. The van der Waals surface area contributed by atoms with Crippen LogP contribution >= 0.6 is 66.4 Å². The summed E-state index contributed by atoms with van der Waals surface area (Å²) >= 11 is 12.6. The van der Waals surface area contributed by atoms with E-state index in [4.69, 9.17) is 9.47 Å². The minimum absolute atomic E-state index is 0.0191. The molecule has 0 aromatic carbocycles. The van der Waals surface area contributed by atoms with Gasteiger partial charge in [-0.2, -0.15) is 26.3 Å². The molecular weight excluding hydrogens is 809 g/mol. The minimum atomic E-state index is -4.59. The van der Waals surface area contributed by atoms with Crippen molar-refractivity contribution in [1.29, 1.82) is 0 Å². The standard InChI is InChI=1S/C10H6BrF3N2O.C10H7F3N2O2.Br3P/c1-17-8-3-2-6-9(16-8)5(11)4-7(15-6)10(12,13)14;1-17-8-3-2-5-9(15-8)6(16)4-7(14-5)10(11,12)13;1-4(2)3/h2-4H,1H3;2-4H,1H3,(H,14,16);. The van der Waals surface area contributed by atoms with Crippen LogP contribution in [0.5, 0.6) is 11.8 Å². The first-order valence-corrected chi connectivity index (χ1v) is 17.8. The Balaban J connectivity index is 0.000000234. The van der Waals surface area contributed by atoms with Crippen molar-refractivity contribution in [2.24, 2.45) is 0 Å². The molecule has 38 heavy (non-hydrogen) atoms. The molecule has 0 aliphatic carbocycles. The molecule has 0 aliphatic heterocycles. The molecule has 7 nitrogen and oxygen atoms in total. The molecule has 0 fully saturated rings. The summed E-state index contributed by atoms with van der Waals surface area (Å²) < 4.78 is 84.5. The van der Waals surface area contributed by atoms with E-state index in [0.717, 1.165) is 6.07 Å². The number of ether oxygens (including phenoxy) is 2. The summed E-state index contributed by atoms with van der Waals surface area (Å²) in [5.74, 6) is 0.488. The summed E-state index contributed by atoms with van der Waals surface area (Å²) in [6.07, 6.45) is -9.07. The van der Waals surface area contributed by atoms with Gasteiger partial charge in [0.1, 0.15) is 26.5 Å². The van der Waals surface area contributed by atoms with Gasteiger partial charge in [-0.15, -0.1) is 0 Å². The number of nitrogens with one attached hydrogen (secondary N) is 1. The number of pyridine rings is 4. The molecule has 1 N–H and O–H groups in total. The van der Waals surface area contributed by atoms with Gasteiger partial charge in [0.15, 0.2) is 0 Å². The van der Waals surface area contributed by atoms with Crippen molar-refractivity contribution in [3.05, 3.63) is 62.5 Å². The Bertz CT molecular complexity index is 1470. The maximum absolute atomic E-state index is 12.5. The summed E-state index contributed by atoms with van der Waals surface area (Å²) in [5.41, 5.74) is -2.43. The Morgan fingerprint density at radius 2 is 1.34 bits per heavy atom. The van der Waals surface area contributed by atoms with Crippen LogP contribution in [0.3, 0.4) is 0 Å². The summed E-state index contributed by atoms with van der Waals surface area (Å²) in [4.78, 5) is 24.9. The number of nitrogens with zero attached hydrogens (tertiary/aromatic N) is 3. The van der Waals surface area contributed by atoms with Gasteiger partial charge in [-0.05, 0) is 80.6 Å². The lowest BCUT2D eigenvalue weighted by Crippen LogP contribution is -2.14. The van der Waals surface area contributed by atoms with E-state index in [1.54, 1.807) is 0 Å². The van der Waals surface area contributed by atoms with E-state index < -0.39 is 29.2 Å². The highest BCUT2D eigenvalue weighted by atomic mass is 80.0. The van der Waals surface area contributed by atoms with Crippen LogP contribution in [-0.2, 0) is 12.4 Å². The molecule has 0 unspecified atom stereocenters. The van der Waals surface area contributed by atoms with Crippen molar-refractivity contribution in [3.63, 3.8) is 0 Å². The molecule has 0 spiro atoms. The first-order chi connectivity index (χ1) is 17.6. The first kappa shape index (κ1) is 32.7. The van der Waals surface area contributed by atoms with E-state index >= 15 is 0 Å². The normalized spacial score (nSPS) is 11.5. The molecule has 0 saturated carbocycles. The summed E-state index contributed by atoms with van der Waals surface area (Å²) in [6, 6.07) is 6.96. The minimum Gasteiger partial charge on any atom is -0.481 e. The van der Waals surface area contributed by atoms with E-state index in [1.165, 1.54) is 38.5 Å². The fourth-order valence-electron chi connectivity index (χ4n) is 2.69. The van der Waals surface area contributed by atoms with Crippen molar-refractivity contribution in [2.45, 2.75) is 12.4 Å². The fraction of sp³-hybridized carbons (Fsp3) is 0.200. The van der Waals surface area contributed by atoms with Crippen molar-refractivity contribution in [1.82, 2.24) is 19.9 Å². The lowest BCUT2D eigenvalue weighted by molar-refractivity contribution is -0.141. The van der Waals surface area contributed by atoms with E-state index in [0.29, 0.717) is 17.5 Å². The first-order valence-electron chi connectivity index (χ1n) is 9.58. The highest BCUT2D eigenvalue weighted by molar-refractivity contribution is 9.93. The Hall–Kier alpha value is -1.55. The van der Waals surface area contributed by atoms with Crippen LogP contribution in [0.25, 0.3) is 22.1 Å². The number of rotatable bonds is 2. The van der Waals surface area contributed by atoms with Crippen LogP contribution in [0, 0.1) is 0 Å². The monoisotopic (exact) mass is 818 g/mol. The molecule has 0 atom stereocenters. The van der Waals surface area contributed by atoms with Gasteiger partial charge < -0.3 is 14.5 Å². The molecule has 4 aromatic heterocycles. The second kappa shape index (κ2) is 13.7. The van der Waals surface area contributed by atoms with E-state index in [9.17, 15) is 31.1 Å². The molecule has 0 radical (unpaired) electrons. The molecular formula is C20H13Br4F6N4O3P. The Kier molecular flexibility index (Phi) is 11.8. The number of hydrogen-bond donors (Lipinski definition) is 1. The van der Waals surface area contributed by atoms with Crippen LogP contribution in [-0.4, -0.2) is 34.2 Å². The van der Waals surface area contributed by atoms with E-state index in [2.05, 4.69) is 82.3 Å². The van der Waals surface area contributed by atoms with Crippen molar-refractivity contribution < 1.29 is 35.8 Å². The summed E-state index contributed by atoms with van der Waals surface area (Å²) in [7, 11) is 2.78. The number of alkyl halides is 6. The zero-order valence-corrected chi connectivity index (χ0v) is 26.0. The van der Waals surface area contributed by atoms with Gasteiger partial charge in [-0.25, -0.2) is 15.0 Å². The number of fused-ring (bicyclic) bond motifs is 2.